The molecule has 138 valence electrons. The Hall–Kier alpha value is -1.56. The summed E-state index contributed by atoms with van der Waals surface area (Å²) >= 11 is 11.9. The number of piperidine rings is 1. The number of hydrogen-bond donors (Lipinski definition) is 0. The molecule has 4 nitrogen and oxygen atoms in total. The lowest BCUT2D eigenvalue weighted by atomic mass is 10.1. The molecule has 0 aromatic heterocycles. The molecule has 1 aliphatic heterocycles. The Labute approximate surface area is 163 Å². The largest absolute Gasteiger partial charge is 0.339 e. The molecule has 1 amide bonds. The molecule has 3 rings (SSSR count). The first-order valence-corrected chi connectivity index (χ1v) is 10.8. The number of likely N-dealkylation sites (tertiary alicyclic amines) is 1. The van der Waals surface area contributed by atoms with Gasteiger partial charge in [-0.15, -0.1) is 0 Å². The fourth-order valence-electron chi connectivity index (χ4n) is 3.15. The Bertz CT molecular complexity index is 892. The summed E-state index contributed by atoms with van der Waals surface area (Å²) in [5.74, 6) is -0.110. The zero-order chi connectivity index (χ0) is 18.7. The Morgan fingerprint density at radius 3 is 2.27 bits per heavy atom. The molecule has 0 saturated carbocycles. The first-order valence-electron chi connectivity index (χ1n) is 8.36. The molecule has 0 radical (unpaired) electrons. The summed E-state index contributed by atoms with van der Waals surface area (Å²) < 4.78 is 25.3. The second-order valence-corrected chi connectivity index (χ2v) is 9.51. The smallest absolute Gasteiger partial charge is 0.253 e. The summed E-state index contributed by atoms with van der Waals surface area (Å²) in [6, 6.07) is 13.9. The molecule has 1 fully saturated rings. The van der Waals surface area contributed by atoms with E-state index in [-0.39, 0.29) is 11.7 Å². The second kappa shape index (κ2) is 7.99. The van der Waals surface area contributed by atoms with E-state index in [0.29, 0.717) is 41.5 Å². The van der Waals surface area contributed by atoms with Crippen molar-refractivity contribution in [1.82, 2.24) is 4.90 Å². The van der Waals surface area contributed by atoms with Gasteiger partial charge in [0.1, 0.15) is 0 Å². The van der Waals surface area contributed by atoms with Crippen molar-refractivity contribution < 1.29 is 13.2 Å². The number of sulfone groups is 1. The molecular formula is C19H19Cl2NO3S. The molecule has 1 saturated heterocycles. The van der Waals surface area contributed by atoms with Crippen LogP contribution in [0.2, 0.25) is 10.0 Å². The third-order valence-electron chi connectivity index (χ3n) is 4.61. The van der Waals surface area contributed by atoms with Crippen LogP contribution in [0.4, 0.5) is 0 Å². The Balaban J connectivity index is 1.63. The minimum absolute atomic E-state index is 0.0409. The van der Waals surface area contributed by atoms with Crippen molar-refractivity contribution in [2.75, 3.05) is 13.1 Å². The highest BCUT2D eigenvalue weighted by Gasteiger charge is 2.32. The Morgan fingerprint density at radius 1 is 1.00 bits per heavy atom. The third kappa shape index (κ3) is 4.40. The maximum absolute atomic E-state index is 12.6. The molecule has 1 aliphatic rings. The van der Waals surface area contributed by atoms with Gasteiger partial charge in [0.2, 0.25) is 0 Å². The number of carbonyl (C=O) groups excluding carboxylic acids is 1. The van der Waals surface area contributed by atoms with Gasteiger partial charge in [0.05, 0.1) is 21.0 Å². The molecule has 0 unspecified atom stereocenters. The quantitative estimate of drug-likeness (QED) is 0.756. The van der Waals surface area contributed by atoms with E-state index in [9.17, 15) is 13.2 Å². The molecule has 2 aromatic rings. The fraction of sp³-hybridized carbons (Fsp3) is 0.316. The summed E-state index contributed by atoms with van der Waals surface area (Å²) in [5, 5.41) is 0.312. The highest BCUT2D eigenvalue weighted by Crippen LogP contribution is 2.26. The van der Waals surface area contributed by atoms with E-state index in [1.165, 1.54) is 0 Å². The van der Waals surface area contributed by atoms with E-state index in [2.05, 4.69) is 0 Å². The molecule has 0 N–H and O–H groups in total. The molecule has 1 heterocycles. The topological polar surface area (TPSA) is 54.5 Å². The van der Waals surface area contributed by atoms with Gasteiger partial charge in [0, 0.05) is 18.7 Å². The van der Waals surface area contributed by atoms with Gasteiger partial charge in [-0.3, -0.25) is 4.79 Å². The molecule has 26 heavy (non-hydrogen) atoms. The monoisotopic (exact) mass is 411 g/mol. The van der Waals surface area contributed by atoms with Crippen LogP contribution in [0, 0.1) is 0 Å². The van der Waals surface area contributed by atoms with Crippen LogP contribution in [0.3, 0.4) is 0 Å². The SMILES string of the molecule is O=C(c1ccc(Cl)c(Cl)c1)N1CCC(S(=O)(=O)Cc2ccccc2)CC1. The summed E-state index contributed by atoms with van der Waals surface area (Å²) in [4.78, 5) is 14.3. The summed E-state index contributed by atoms with van der Waals surface area (Å²) in [7, 11) is -3.24. The maximum atomic E-state index is 12.6. The highest BCUT2D eigenvalue weighted by atomic mass is 35.5. The zero-order valence-electron chi connectivity index (χ0n) is 14.1. The molecule has 2 aromatic carbocycles. The molecule has 0 atom stereocenters. The lowest BCUT2D eigenvalue weighted by Gasteiger charge is -2.32. The van der Waals surface area contributed by atoms with E-state index in [4.69, 9.17) is 23.2 Å². The third-order valence-corrected chi connectivity index (χ3v) is 7.58. The minimum atomic E-state index is -3.24. The number of nitrogens with zero attached hydrogens (tertiary/aromatic N) is 1. The van der Waals surface area contributed by atoms with Crippen LogP contribution in [0.15, 0.2) is 48.5 Å². The normalized spacial score (nSPS) is 15.8. The van der Waals surface area contributed by atoms with Gasteiger partial charge in [-0.05, 0) is 36.6 Å². The van der Waals surface area contributed by atoms with Crippen LogP contribution < -0.4 is 0 Å². The summed E-state index contributed by atoms with van der Waals surface area (Å²) in [6.45, 7) is 0.829. The average Bonchev–Trinajstić information content (AvgIpc) is 2.64. The van der Waals surface area contributed by atoms with Gasteiger partial charge < -0.3 is 4.90 Å². The van der Waals surface area contributed by atoms with Gasteiger partial charge in [-0.1, -0.05) is 53.5 Å². The number of benzene rings is 2. The van der Waals surface area contributed by atoms with Gasteiger partial charge in [-0.25, -0.2) is 8.42 Å². The predicted octanol–water partition coefficient (Wildman–Crippen LogP) is 4.21. The Morgan fingerprint density at radius 2 is 1.65 bits per heavy atom. The van der Waals surface area contributed by atoms with Crippen molar-refractivity contribution in [3.05, 3.63) is 69.7 Å². The maximum Gasteiger partial charge on any atom is 0.253 e. The van der Waals surface area contributed by atoms with Crippen molar-refractivity contribution in [1.29, 1.82) is 0 Å². The van der Waals surface area contributed by atoms with Crippen LogP contribution in [-0.4, -0.2) is 37.6 Å². The summed E-state index contributed by atoms with van der Waals surface area (Å²) in [5.41, 5.74) is 1.26. The molecule has 0 aliphatic carbocycles. The van der Waals surface area contributed by atoms with Crippen LogP contribution in [0.5, 0.6) is 0 Å². The standard InChI is InChI=1S/C19H19Cl2NO3S/c20-17-7-6-15(12-18(17)21)19(23)22-10-8-16(9-11-22)26(24,25)13-14-4-2-1-3-5-14/h1-7,12,16H,8-11,13H2. The minimum Gasteiger partial charge on any atom is -0.339 e. The lowest BCUT2D eigenvalue weighted by molar-refractivity contribution is 0.0725. The Kier molecular flexibility index (Phi) is 5.90. The predicted molar refractivity (Wildman–Crippen MR) is 104 cm³/mol. The zero-order valence-corrected chi connectivity index (χ0v) is 16.4. The first-order chi connectivity index (χ1) is 12.4. The van der Waals surface area contributed by atoms with E-state index >= 15 is 0 Å². The van der Waals surface area contributed by atoms with E-state index < -0.39 is 15.1 Å². The fourth-order valence-corrected chi connectivity index (χ4v) is 5.27. The highest BCUT2D eigenvalue weighted by molar-refractivity contribution is 7.91. The van der Waals surface area contributed by atoms with Gasteiger partial charge in [0.25, 0.3) is 5.91 Å². The lowest BCUT2D eigenvalue weighted by Crippen LogP contribution is -2.42. The first kappa shape index (κ1) is 19.2. The number of carbonyl (C=O) groups is 1. The van der Waals surface area contributed by atoms with Crippen molar-refractivity contribution >= 4 is 38.9 Å². The van der Waals surface area contributed by atoms with E-state index in [0.717, 1.165) is 5.56 Å². The molecule has 0 bridgehead atoms. The van der Waals surface area contributed by atoms with Crippen molar-refractivity contribution in [3.8, 4) is 0 Å². The van der Waals surface area contributed by atoms with Crippen molar-refractivity contribution in [3.63, 3.8) is 0 Å². The molecule has 7 heteroatoms. The van der Waals surface area contributed by atoms with Crippen molar-refractivity contribution in [2.45, 2.75) is 23.8 Å². The van der Waals surface area contributed by atoms with Crippen molar-refractivity contribution in [2.24, 2.45) is 0 Å². The van der Waals surface area contributed by atoms with Crippen LogP contribution in [0.1, 0.15) is 28.8 Å². The molecule has 0 spiro atoms. The number of hydrogen-bond acceptors (Lipinski definition) is 3. The average molecular weight is 412 g/mol. The number of amides is 1. The number of rotatable bonds is 4. The molecular weight excluding hydrogens is 393 g/mol. The second-order valence-electron chi connectivity index (χ2n) is 6.41. The van der Waals surface area contributed by atoms with E-state index in [1.807, 2.05) is 30.3 Å². The van der Waals surface area contributed by atoms with Gasteiger partial charge in [0.15, 0.2) is 9.84 Å². The van der Waals surface area contributed by atoms with Crippen LogP contribution >= 0.6 is 23.2 Å². The van der Waals surface area contributed by atoms with Gasteiger partial charge in [-0.2, -0.15) is 0 Å². The van der Waals surface area contributed by atoms with Crippen LogP contribution in [-0.2, 0) is 15.6 Å². The van der Waals surface area contributed by atoms with E-state index in [1.54, 1.807) is 23.1 Å². The van der Waals surface area contributed by atoms with Crippen LogP contribution in [0.25, 0.3) is 0 Å². The number of halogens is 2. The van der Waals surface area contributed by atoms with Gasteiger partial charge >= 0.3 is 0 Å². The summed E-state index contributed by atoms with van der Waals surface area (Å²) in [6.07, 6.45) is 0.893.